The molecule has 0 N–H and O–H groups in total. The van der Waals surface area contributed by atoms with Crippen LogP contribution in [0.3, 0.4) is 0 Å². The van der Waals surface area contributed by atoms with E-state index in [4.69, 9.17) is 0 Å². The van der Waals surface area contributed by atoms with Crippen LogP contribution < -0.4 is 0 Å². The van der Waals surface area contributed by atoms with E-state index in [0.29, 0.717) is 10.8 Å². The highest BCUT2D eigenvalue weighted by Crippen LogP contribution is 2.38. The van der Waals surface area contributed by atoms with Gasteiger partial charge in [0.05, 0.1) is 0 Å². The zero-order chi connectivity index (χ0) is 14.4. The first-order valence-electron chi connectivity index (χ1n) is 7.82. The Morgan fingerprint density at radius 1 is 0.889 bits per heavy atom. The lowest BCUT2D eigenvalue weighted by molar-refractivity contribution is 0.146. The molecule has 0 fully saturated rings. The molecule has 0 saturated carbocycles. The zero-order valence-corrected chi connectivity index (χ0v) is 14.3. The molecule has 0 aromatic rings. The fraction of sp³-hybridized carbons (Fsp3) is 1.00. The van der Waals surface area contributed by atoms with Crippen LogP contribution in [0.4, 0.5) is 0 Å². The SMILES string of the molecule is CCN(CC)CCCC(CC(C)(C)C)C(C)(C)C. The first kappa shape index (κ1) is 18.0. The Morgan fingerprint density at radius 2 is 1.39 bits per heavy atom. The van der Waals surface area contributed by atoms with Crippen molar-refractivity contribution in [1.29, 1.82) is 0 Å². The largest absolute Gasteiger partial charge is 0.304 e. The van der Waals surface area contributed by atoms with Gasteiger partial charge < -0.3 is 4.90 Å². The summed E-state index contributed by atoms with van der Waals surface area (Å²) in [6, 6.07) is 0. The molecule has 0 heterocycles. The van der Waals surface area contributed by atoms with Gasteiger partial charge in [0.2, 0.25) is 0 Å². The Hall–Kier alpha value is -0.0400. The van der Waals surface area contributed by atoms with Crippen LogP contribution in [0.2, 0.25) is 0 Å². The van der Waals surface area contributed by atoms with Crippen LogP contribution in [0.15, 0.2) is 0 Å². The first-order valence-corrected chi connectivity index (χ1v) is 7.82. The van der Waals surface area contributed by atoms with Gasteiger partial charge in [0, 0.05) is 0 Å². The van der Waals surface area contributed by atoms with E-state index in [-0.39, 0.29) is 0 Å². The van der Waals surface area contributed by atoms with Crippen LogP contribution >= 0.6 is 0 Å². The highest BCUT2D eigenvalue weighted by molar-refractivity contribution is 4.79. The summed E-state index contributed by atoms with van der Waals surface area (Å²) in [6.07, 6.45) is 4.06. The van der Waals surface area contributed by atoms with E-state index in [0.717, 1.165) is 5.92 Å². The van der Waals surface area contributed by atoms with E-state index in [1.54, 1.807) is 0 Å². The van der Waals surface area contributed by atoms with Gasteiger partial charge in [0.25, 0.3) is 0 Å². The number of hydrogen-bond acceptors (Lipinski definition) is 1. The quantitative estimate of drug-likeness (QED) is 0.604. The molecular weight excluding hydrogens is 218 g/mol. The average molecular weight is 255 g/mol. The van der Waals surface area contributed by atoms with Crippen LogP contribution in [0.1, 0.15) is 74.7 Å². The maximum atomic E-state index is 2.54. The molecule has 1 heteroatoms. The Labute approximate surface area is 116 Å². The Kier molecular flexibility index (Phi) is 7.51. The third-order valence-corrected chi connectivity index (χ3v) is 4.00. The summed E-state index contributed by atoms with van der Waals surface area (Å²) in [6.45, 7) is 22.5. The van der Waals surface area contributed by atoms with E-state index < -0.39 is 0 Å². The molecule has 0 saturated heterocycles. The lowest BCUT2D eigenvalue weighted by Gasteiger charge is -2.36. The summed E-state index contributed by atoms with van der Waals surface area (Å²) in [5, 5.41) is 0. The molecule has 110 valence electrons. The molecule has 1 nitrogen and oxygen atoms in total. The summed E-state index contributed by atoms with van der Waals surface area (Å²) >= 11 is 0. The van der Waals surface area contributed by atoms with Gasteiger partial charge in [-0.2, -0.15) is 0 Å². The topological polar surface area (TPSA) is 3.24 Å². The van der Waals surface area contributed by atoms with Crippen molar-refractivity contribution in [2.24, 2.45) is 16.7 Å². The number of hydrogen-bond donors (Lipinski definition) is 0. The normalized spacial score (nSPS) is 15.2. The Bertz CT molecular complexity index is 203. The van der Waals surface area contributed by atoms with Crippen molar-refractivity contribution in [2.45, 2.75) is 74.7 Å². The van der Waals surface area contributed by atoms with Gasteiger partial charge in [0.1, 0.15) is 0 Å². The maximum absolute atomic E-state index is 2.54. The molecule has 0 aromatic carbocycles. The third kappa shape index (κ3) is 8.13. The molecule has 0 aliphatic rings. The summed E-state index contributed by atoms with van der Waals surface area (Å²) in [4.78, 5) is 2.54. The molecule has 1 atom stereocenters. The van der Waals surface area contributed by atoms with Gasteiger partial charge >= 0.3 is 0 Å². The van der Waals surface area contributed by atoms with Gasteiger partial charge in [-0.25, -0.2) is 0 Å². The summed E-state index contributed by atoms with van der Waals surface area (Å²) in [7, 11) is 0. The molecule has 0 bridgehead atoms. The van der Waals surface area contributed by atoms with Crippen LogP contribution in [-0.4, -0.2) is 24.5 Å². The van der Waals surface area contributed by atoms with Crippen molar-refractivity contribution >= 4 is 0 Å². The van der Waals surface area contributed by atoms with E-state index in [1.165, 1.54) is 38.9 Å². The zero-order valence-electron chi connectivity index (χ0n) is 14.3. The predicted molar refractivity (Wildman–Crippen MR) is 84.0 cm³/mol. The van der Waals surface area contributed by atoms with Crippen molar-refractivity contribution in [3.05, 3.63) is 0 Å². The Balaban J connectivity index is 4.27. The predicted octanol–water partition coefficient (Wildman–Crippen LogP) is 5.21. The molecule has 0 aliphatic heterocycles. The lowest BCUT2D eigenvalue weighted by atomic mass is 9.70. The molecule has 0 aromatic heterocycles. The molecular formula is C17H37N. The minimum Gasteiger partial charge on any atom is -0.304 e. The van der Waals surface area contributed by atoms with Crippen molar-refractivity contribution < 1.29 is 0 Å². The van der Waals surface area contributed by atoms with Crippen LogP contribution in [0.5, 0.6) is 0 Å². The molecule has 18 heavy (non-hydrogen) atoms. The van der Waals surface area contributed by atoms with Crippen molar-refractivity contribution in [3.8, 4) is 0 Å². The summed E-state index contributed by atoms with van der Waals surface area (Å²) < 4.78 is 0. The minimum absolute atomic E-state index is 0.441. The Morgan fingerprint density at radius 3 is 1.72 bits per heavy atom. The second-order valence-electron chi connectivity index (χ2n) is 8.00. The third-order valence-electron chi connectivity index (χ3n) is 4.00. The number of nitrogens with zero attached hydrogens (tertiary/aromatic N) is 1. The molecule has 0 aliphatic carbocycles. The second-order valence-corrected chi connectivity index (χ2v) is 8.00. The van der Waals surface area contributed by atoms with E-state index in [2.05, 4.69) is 60.3 Å². The summed E-state index contributed by atoms with van der Waals surface area (Å²) in [5.74, 6) is 0.841. The van der Waals surface area contributed by atoms with Crippen molar-refractivity contribution in [1.82, 2.24) is 4.90 Å². The van der Waals surface area contributed by atoms with Gasteiger partial charge in [0.15, 0.2) is 0 Å². The van der Waals surface area contributed by atoms with Gasteiger partial charge in [-0.15, -0.1) is 0 Å². The molecule has 0 rings (SSSR count). The summed E-state index contributed by atoms with van der Waals surface area (Å²) in [5.41, 5.74) is 0.893. The monoisotopic (exact) mass is 255 g/mol. The van der Waals surface area contributed by atoms with Gasteiger partial charge in [-0.1, -0.05) is 55.4 Å². The van der Waals surface area contributed by atoms with Crippen molar-refractivity contribution in [3.63, 3.8) is 0 Å². The van der Waals surface area contributed by atoms with E-state index in [9.17, 15) is 0 Å². The average Bonchev–Trinajstić information content (AvgIpc) is 2.19. The fourth-order valence-corrected chi connectivity index (χ4v) is 2.68. The van der Waals surface area contributed by atoms with E-state index >= 15 is 0 Å². The standard InChI is InChI=1S/C17H37N/c1-9-18(10-2)13-11-12-15(17(6,7)8)14-16(3,4)5/h15H,9-14H2,1-8H3. The minimum atomic E-state index is 0.441. The van der Waals surface area contributed by atoms with Crippen molar-refractivity contribution in [2.75, 3.05) is 19.6 Å². The molecule has 0 radical (unpaired) electrons. The van der Waals surface area contributed by atoms with Crippen LogP contribution in [0.25, 0.3) is 0 Å². The lowest BCUT2D eigenvalue weighted by Crippen LogP contribution is -2.28. The van der Waals surface area contributed by atoms with E-state index in [1.807, 2.05) is 0 Å². The van der Waals surface area contributed by atoms with Gasteiger partial charge in [-0.05, 0) is 55.6 Å². The van der Waals surface area contributed by atoms with Gasteiger partial charge in [-0.3, -0.25) is 0 Å². The maximum Gasteiger partial charge on any atom is -0.00189 e. The number of rotatable bonds is 7. The molecule has 0 spiro atoms. The molecule has 0 amide bonds. The molecule has 1 unspecified atom stereocenters. The highest BCUT2D eigenvalue weighted by atomic mass is 15.1. The fourth-order valence-electron chi connectivity index (χ4n) is 2.68. The van der Waals surface area contributed by atoms with Crippen LogP contribution in [0, 0.1) is 16.7 Å². The van der Waals surface area contributed by atoms with Crippen LogP contribution in [-0.2, 0) is 0 Å². The smallest absolute Gasteiger partial charge is 0.00189 e. The second kappa shape index (κ2) is 7.53. The highest BCUT2D eigenvalue weighted by Gasteiger charge is 2.28. The first-order chi connectivity index (χ1) is 8.10.